The summed E-state index contributed by atoms with van der Waals surface area (Å²) in [6, 6.07) is 5.27. The van der Waals surface area contributed by atoms with Crippen LogP contribution in [-0.4, -0.2) is 48.3 Å². The Bertz CT molecular complexity index is 928. The summed E-state index contributed by atoms with van der Waals surface area (Å²) >= 11 is 0. The maximum Gasteiger partial charge on any atom is 0.242 e. The highest BCUT2D eigenvalue weighted by Gasteiger charge is 2.20. The van der Waals surface area contributed by atoms with E-state index < -0.39 is 10.0 Å². The number of rotatable bonds is 6. The topological polar surface area (TPSA) is 84.3 Å². The minimum atomic E-state index is -3.49. The van der Waals surface area contributed by atoms with E-state index in [1.807, 2.05) is 11.6 Å². The zero-order valence-electron chi connectivity index (χ0n) is 16.2. The van der Waals surface area contributed by atoms with Crippen molar-refractivity contribution in [3.63, 3.8) is 0 Å². The normalized spacial score (nSPS) is 16.1. The third-order valence-electron chi connectivity index (χ3n) is 5.27. The number of benzene rings is 1. The van der Waals surface area contributed by atoms with Crippen molar-refractivity contribution in [1.29, 1.82) is 0 Å². The molecule has 0 unspecified atom stereocenters. The van der Waals surface area contributed by atoms with Gasteiger partial charge in [-0.1, -0.05) is 19.3 Å². The van der Waals surface area contributed by atoms with E-state index in [1.54, 1.807) is 18.2 Å². The van der Waals surface area contributed by atoms with E-state index >= 15 is 0 Å². The van der Waals surface area contributed by atoms with Gasteiger partial charge in [-0.3, -0.25) is 4.79 Å². The Kier molecular flexibility index (Phi) is 5.86. The predicted octanol–water partition coefficient (Wildman–Crippen LogP) is 2.21. The maximum absolute atomic E-state index is 12.3. The molecule has 0 radical (unpaired) electrons. The molecule has 2 aromatic rings. The molecule has 1 aromatic carbocycles. The fraction of sp³-hybridized carbons (Fsp3) is 0.579. The van der Waals surface area contributed by atoms with Gasteiger partial charge in [-0.25, -0.2) is 17.7 Å². The molecule has 1 saturated carbocycles. The minimum absolute atomic E-state index is 0.0600. The SMILES string of the molecule is CN(C)S(=O)(=O)c1ccc2c(c1)nc(CCC(=O)NC1CCCCC1)n2C. The molecule has 0 bridgehead atoms. The van der Waals surface area contributed by atoms with Crippen LogP contribution < -0.4 is 5.32 Å². The number of hydrogen-bond acceptors (Lipinski definition) is 4. The van der Waals surface area contributed by atoms with Gasteiger partial charge < -0.3 is 9.88 Å². The lowest BCUT2D eigenvalue weighted by Gasteiger charge is -2.22. The number of imidazole rings is 1. The summed E-state index contributed by atoms with van der Waals surface area (Å²) in [5.74, 6) is 0.841. The highest BCUT2D eigenvalue weighted by atomic mass is 32.2. The van der Waals surface area contributed by atoms with E-state index in [4.69, 9.17) is 0 Å². The quantitative estimate of drug-likeness (QED) is 0.817. The number of amides is 1. The molecule has 7 nitrogen and oxygen atoms in total. The van der Waals surface area contributed by atoms with Crippen molar-refractivity contribution in [2.45, 2.75) is 55.9 Å². The first-order valence-electron chi connectivity index (χ1n) is 9.46. The van der Waals surface area contributed by atoms with Crippen molar-refractivity contribution in [1.82, 2.24) is 19.2 Å². The molecule has 1 aromatic heterocycles. The molecule has 1 heterocycles. The van der Waals surface area contributed by atoms with Gasteiger partial charge in [0.1, 0.15) is 5.82 Å². The van der Waals surface area contributed by atoms with Crippen molar-refractivity contribution in [2.75, 3.05) is 14.1 Å². The van der Waals surface area contributed by atoms with Gasteiger partial charge >= 0.3 is 0 Å². The summed E-state index contributed by atoms with van der Waals surface area (Å²) in [5.41, 5.74) is 1.48. The van der Waals surface area contributed by atoms with Crippen LogP contribution >= 0.6 is 0 Å². The minimum Gasteiger partial charge on any atom is -0.353 e. The van der Waals surface area contributed by atoms with E-state index in [-0.39, 0.29) is 10.8 Å². The van der Waals surface area contributed by atoms with E-state index in [1.165, 1.54) is 37.7 Å². The first-order valence-corrected chi connectivity index (χ1v) is 10.9. The Morgan fingerprint density at radius 2 is 1.96 bits per heavy atom. The number of carbonyl (C=O) groups is 1. The van der Waals surface area contributed by atoms with Gasteiger partial charge in [-0.2, -0.15) is 0 Å². The number of nitrogens with zero attached hydrogens (tertiary/aromatic N) is 3. The highest BCUT2D eigenvalue weighted by Crippen LogP contribution is 2.22. The lowest BCUT2D eigenvalue weighted by Crippen LogP contribution is -2.36. The van der Waals surface area contributed by atoms with E-state index in [9.17, 15) is 13.2 Å². The molecular weight excluding hydrogens is 364 g/mol. The molecule has 1 fully saturated rings. The molecule has 8 heteroatoms. The average molecular weight is 393 g/mol. The van der Waals surface area contributed by atoms with Crippen molar-refractivity contribution in [2.24, 2.45) is 7.05 Å². The lowest BCUT2D eigenvalue weighted by molar-refractivity contribution is -0.122. The van der Waals surface area contributed by atoms with Crippen molar-refractivity contribution in [3.8, 4) is 0 Å². The Labute approximate surface area is 160 Å². The Morgan fingerprint density at radius 3 is 2.63 bits per heavy atom. The molecular formula is C19H28N4O3S. The summed E-state index contributed by atoms with van der Waals surface area (Å²) in [6.45, 7) is 0. The zero-order chi connectivity index (χ0) is 19.6. The molecule has 0 spiro atoms. The second-order valence-electron chi connectivity index (χ2n) is 7.43. The fourth-order valence-corrected chi connectivity index (χ4v) is 4.52. The predicted molar refractivity (Wildman–Crippen MR) is 105 cm³/mol. The van der Waals surface area contributed by atoms with Gasteiger partial charge in [-0.15, -0.1) is 0 Å². The smallest absolute Gasteiger partial charge is 0.242 e. The molecule has 1 amide bonds. The van der Waals surface area contributed by atoms with Crippen molar-refractivity contribution in [3.05, 3.63) is 24.0 Å². The number of aromatic nitrogens is 2. The summed E-state index contributed by atoms with van der Waals surface area (Å²) < 4.78 is 27.7. The molecule has 0 aliphatic heterocycles. The third kappa shape index (κ3) is 4.32. The van der Waals surface area contributed by atoms with Crippen molar-refractivity contribution >= 4 is 27.0 Å². The standard InChI is InChI=1S/C19H28N4O3S/c1-22(2)27(25,26)15-9-10-17-16(13-15)21-18(23(17)3)11-12-19(24)20-14-7-5-4-6-8-14/h9-10,13-14H,4-8,11-12H2,1-3H3,(H,20,24). The number of nitrogens with one attached hydrogen (secondary N) is 1. The molecule has 0 saturated heterocycles. The van der Waals surface area contributed by atoms with E-state index in [2.05, 4.69) is 10.3 Å². The van der Waals surface area contributed by atoms with Crippen LogP contribution in [0.3, 0.4) is 0 Å². The molecule has 27 heavy (non-hydrogen) atoms. The molecule has 3 rings (SSSR count). The first kappa shape index (κ1) is 19.8. The molecule has 1 aliphatic carbocycles. The molecule has 0 atom stereocenters. The van der Waals surface area contributed by atoms with Gasteiger partial charge in [0.15, 0.2) is 0 Å². The highest BCUT2D eigenvalue weighted by molar-refractivity contribution is 7.89. The largest absolute Gasteiger partial charge is 0.353 e. The van der Waals surface area contributed by atoms with Crippen LogP contribution in [0.15, 0.2) is 23.1 Å². The van der Waals surface area contributed by atoms with Crippen LogP contribution in [0, 0.1) is 0 Å². The molecule has 148 valence electrons. The second kappa shape index (κ2) is 7.98. The monoisotopic (exact) mass is 392 g/mol. The molecule has 1 aliphatic rings. The van der Waals surface area contributed by atoms with Crippen LogP contribution in [-0.2, 0) is 28.3 Å². The summed E-state index contributed by atoms with van der Waals surface area (Å²) in [7, 11) is 1.42. The van der Waals surface area contributed by atoms with Gasteiger partial charge in [0.25, 0.3) is 0 Å². The van der Waals surface area contributed by atoms with Crippen LogP contribution in [0.25, 0.3) is 11.0 Å². The van der Waals surface area contributed by atoms with Crippen LogP contribution in [0.1, 0.15) is 44.3 Å². The summed E-state index contributed by atoms with van der Waals surface area (Å²) in [6.07, 6.45) is 6.69. The number of hydrogen-bond donors (Lipinski definition) is 1. The zero-order valence-corrected chi connectivity index (χ0v) is 17.1. The van der Waals surface area contributed by atoms with Gasteiger partial charge in [-0.05, 0) is 31.0 Å². The van der Waals surface area contributed by atoms with Crippen LogP contribution in [0.2, 0.25) is 0 Å². The number of aryl methyl sites for hydroxylation is 2. The first-order chi connectivity index (χ1) is 12.8. The van der Waals surface area contributed by atoms with Crippen LogP contribution in [0.4, 0.5) is 0 Å². The fourth-order valence-electron chi connectivity index (χ4n) is 3.60. The van der Waals surface area contributed by atoms with E-state index in [0.717, 1.165) is 24.2 Å². The number of fused-ring (bicyclic) bond motifs is 1. The third-order valence-corrected chi connectivity index (χ3v) is 7.08. The Hall–Kier alpha value is -1.93. The van der Waals surface area contributed by atoms with Gasteiger partial charge in [0, 0.05) is 40.0 Å². The Balaban J connectivity index is 1.71. The Morgan fingerprint density at radius 1 is 1.26 bits per heavy atom. The summed E-state index contributed by atoms with van der Waals surface area (Å²) in [5, 5.41) is 3.12. The lowest BCUT2D eigenvalue weighted by atomic mass is 9.95. The maximum atomic E-state index is 12.3. The van der Waals surface area contributed by atoms with Gasteiger partial charge in [0.05, 0.1) is 15.9 Å². The van der Waals surface area contributed by atoms with Crippen LogP contribution in [0.5, 0.6) is 0 Å². The second-order valence-corrected chi connectivity index (χ2v) is 9.58. The molecule has 1 N–H and O–H groups in total. The number of sulfonamides is 1. The average Bonchev–Trinajstić information content (AvgIpc) is 2.96. The van der Waals surface area contributed by atoms with Gasteiger partial charge in [0.2, 0.25) is 15.9 Å². The number of carbonyl (C=O) groups excluding carboxylic acids is 1. The van der Waals surface area contributed by atoms with Crippen molar-refractivity contribution < 1.29 is 13.2 Å². The van der Waals surface area contributed by atoms with E-state index in [0.29, 0.717) is 24.4 Å². The summed E-state index contributed by atoms with van der Waals surface area (Å²) in [4.78, 5) is 17.0.